The summed E-state index contributed by atoms with van der Waals surface area (Å²) < 4.78 is 0. The van der Waals surface area contributed by atoms with Gasteiger partial charge < -0.3 is 0 Å². The van der Waals surface area contributed by atoms with Crippen molar-refractivity contribution < 1.29 is 14.4 Å². The summed E-state index contributed by atoms with van der Waals surface area (Å²) in [5.74, 6) is -2.24. The third-order valence-corrected chi connectivity index (χ3v) is 5.79. The lowest BCUT2D eigenvalue weighted by Gasteiger charge is -2.32. The molecule has 0 spiro atoms. The summed E-state index contributed by atoms with van der Waals surface area (Å²) in [7, 11) is 0. The van der Waals surface area contributed by atoms with Crippen LogP contribution in [0.25, 0.3) is 0 Å². The van der Waals surface area contributed by atoms with E-state index in [2.05, 4.69) is 22.3 Å². The molecular weight excluding hydrogens is 392 g/mol. The zero-order chi connectivity index (χ0) is 21.8. The average Bonchev–Trinajstić information content (AvgIpc) is 2.76. The molecule has 0 aliphatic carbocycles. The van der Waals surface area contributed by atoms with Gasteiger partial charge in [-0.05, 0) is 37.5 Å². The molecule has 2 aromatic rings. The Labute approximate surface area is 181 Å². The number of piperidine rings is 1. The van der Waals surface area contributed by atoms with E-state index in [-0.39, 0.29) is 6.04 Å². The number of amides is 4. The number of barbiturate groups is 1. The van der Waals surface area contributed by atoms with E-state index >= 15 is 0 Å². The SMILES string of the molecule is CC(=NC1CCN(Cc2ccccc2)CC1)C1C(=O)NC(=O)N(c2ccccc2)C1=O. The van der Waals surface area contributed by atoms with Crippen molar-refractivity contribution >= 4 is 29.2 Å². The van der Waals surface area contributed by atoms with Gasteiger partial charge in [0.15, 0.2) is 5.92 Å². The zero-order valence-electron chi connectivity index (χ0n) is 17.5. The quantitative estimate of drug-likeness (QED) is 0.598. The number of nitrogens with one attached hydrogen (secondary N) is 1. The van der Waals surface area contributed by atoms with Gasteiger partial charge in [0.2, 0.25) is 5.91 Å². The summed E-state index contributed by atoms with van der Waals surface area (Å²) in [6.07, 6.45) is 1.74. The number of benzene rings is 2. The fraction of sp³-hybridized carbons (Fsp3) is 0.333. The van der Waals surface area contributed by atoms with Crippen LogP contribution in [0.3, 0.4) is 0 Å². The second kappa shape index (κ2) is 9.22. The lowest BCUT2D eigenvalue weighted by Crippen LogP contribution is -2.60. The van der Waals surface area contributed by atoms with Crippen LogP contribution in [-0.2, 0) is 16.1 Å². The molecule has 2 heterocycles. The molecular formula is C24H26N4O3. The van der Waals surface area contributed by atoms with Crippen LogP contribution in [0.15, 0.2) is 65.7 Å². The number of anilines is 1. The smallest absolute Gasteiger partial charge is 0.299 e. The van der Waals surface area contributed by atoms with Gasteiger partial charge in [0.25, 0.3) is 5.91 Å². The van der Waals surface area contributed by atoms with Gasteiger partial charge in [-0.25, -0.2) is 9.69 Å². The number of hydrogen-bond acceptors (Lipinski definition) is 5. The van der Waals surface area contributed by atoms with Crippen LogP contribution in [0.1, 0.15) is 25.3 Å². The van der Waals surface area contributed by atoms with E-state index in [0.29, 0.717) is 11.4 Å². The molecule has 4 amide bonds. The summed E-state index contributed by atoms with van der Waals surface area (Å²) in [5, 5.41) is 2.30. The van der Waals surface area contributed by atoms with Crippen molar-refractivity contribution in [1.29, 1.82) is 0 Å². The van der Waals surface area contributed by atoms with Gasteiger partial charge in [0, 0.05) is 25.3 Å². The van der Waals surface area contributed by atoms with E-state index in [4.69, 9.17) is 4.99 Å². The van der Waals surface area contributed by atoms with Crippen LogP contribution in [0.2, 0.25) is 0 Å². The van der Waals surface area contributed by atoms with Gasteiger partial charge in [-0.2, -0.15) is 0 Å². The van der Waals surface area contributed by atoms with Gasteiger partial charge in [-0.3, -0.25) is 24.8 Å². The van der Waals surface area contributed by atoms with Crippen molar-refractivity contribution in [2.45, 2.75) is 32.4 Å². The molecule has 0 aromatic heterocycles. The third kappa shape index (κ3) is 4.72. The number of likely N-dealkylation sites (tertiary alicyclic amines) is 1. The molecule has 7 heteroatoms. The maximum atomic E-state index is 13.0. The summed E-state index contributed by atoms with van der Waals surface area (Å²) in [4.78, 5) is 45.9. The monoisotopic (exact) mass is 418 g/mol. The highest BCUT2D eigenvalue weighted by Gasteiger charge is 2.43. The molecule has 1 unspecified atom stereocenters. The Balaban J connectivity index is 1.42. The third-order valence-electron chi connectivity index (χ3n) is 5.79. The molecule has 0 bridgehead atoms. The number of urea groups is 1. The highest BCUT2D eigenvalue weighted by atomic mass is 16.2. The largest absolute Gasteiger partial charge is 0.335 e. The first-order chi connectivity index (χ1) is 15.0. The molecule has 160 valence electrons. The Morgan fingerprint density at radius 1 is 0.968 bits per heavy atom. The second-order valence-corrected chi connectivity index (χ2v) is 8.00. The Hall–Kier alpha value is -3.32. The van der Waals surface area contributed by atoms with Gasteiger partial charge in [-0.15, -0.1) is 0 Å². The molecule has 0 saturated carbocycles. The van der Waals surface area contributed by atoms with Gasteiger partial charge in [0.1, 0.15) is 0 Å². The summed E-state index contributed by atoms with van der Waals surface area (Å²) >= 11 is 0. The van der Waals surface area contributed by atoms with Crippen molar-refractivity contribution in [2.75, 3.05) is 18.0 Å². The van der Waals surface area contributed by atoms with E-state index in [1.807, 2.05) is 18.2 Å². The van der Waals surface area contributed by atoms with Crippen molar-refractivity contribution in [2.24, 2.45) is 10.9 Å². The number of nitrogens with zero attached hydrogens (tertiary/aromatic N) is 3. The zero-order valence-corrected chi connectivity index (χ0v) is 17.5. The molecule has 2 aliphatic rings. The Morgan fingerprint density at radius 2 is 1.58 bits per heavy atom. The molecule has 4 rings (SSSR count). The van der Waals surface area contributed by atoms with E-state index in [9.17, 15) is 14.4 Å². The fourth-order valence-electron chi connectivity index (χ4n) is 4.18. The molecule has 7 nitrogen and oxygen atoms in total. The molecule has 2 aliphatic heterocycles. The summed E-state index contributed by atoms with van der Waals surface area (Å²) in [6.45, 7) is 4.44. The van der Waals surface area contributed by atoms with E-state index in [0.717, 1.165) is 37.4 Å². The van der Waals surface area contributed by atoms with Crippen molar-refractivity contribution in [3.05, 3.63) is 66.2 Å². The summed E-state index contributed by atoms with van der Waals surface area (Å²) in [5.41, 5.74) is 2.18. The molecule has 1 N–H and O–H groups in total. The van der Waals surface area contributed by atoms with Crippen LogP contribution < -0.4 is 10.2 Å². The molecule has 2 fully saturated rings. The Kier molecular flexibility index (Phi) is 6.23. The highest BCUT2D eigenvalue weighted by molar-refractivity contribution is 6.35. The summed E-state index contributed by atoms with van der Waals surface area (Å²) in [6, 6.07) is 18.3. The van der Waals surface area contributed by atoms with Gasteiger partial charge >= 0.3 is 6.03 Å². The number of imide groups is 2. The molecule has 0 radical (unpaired) electrons. The fourth-order valence-corrected chi connectivity index (χ4v) is 4.18. The topological polar surface area (TPSA) is 82.1 Å². The molecule has 2 aromatic carbocycles. The number of para-hydroxylation sites is 1. The molecule has 2 saturated heterocycles. The lowest BCUT2D eigenvalue weighted by atomic mass is 9.97. The molecule has 1 atom stereocenters. The first kappa shape index (κ1) is 20.9. The minimum atomic E-state index is -1.08. The predicted octanol–water partition coefficient (Wildman–Crippen LogP) is 3.01. The normalized spacial score (nSPS) is 21.3. The minimum absolute atomic E-state index is 0.0652. The van der Waals surface area contributed by atoms with Crippen LogP contribution in [-0.4, -0.2) is 47.6 Å². The highest BCUT2D eigenvalue weighted by Crippen LogP contribution is 2.23. The Morgan fingerprint density at radius 3 is 2.23 bits per heavy atom. The van der Waals surface area contributed by atoms with E-state index < -0.39 is 23.8 Å². The average molecular weight is 418 g/mol. The van der Waals surface area contributed by atoms with Crippen molar-refractivity contribution in [3.8, 4) is 0 Å². The van der Waals surface area contributed by atoms with E-state index in [1.54, 1.807) is 37.3 Å². The second-order valence-electron chi connectivity index (χ2n) is 8.00. The number of hydrogen-bond donors (Lipinski definition) is 1. The first-order valence-electron chi connectivity index (χ1n) is 10.6. The maximum Gasteiger partial charge on any atom is 0.335 e. The first-order valence-corrected chi connectivity index (χ1v) is 10.6. The van der Waals surface area contributed by atoms with Crippen LogP contribution >= 0.6 is 0 Å². The minimum Gasteiger partial charge on any atom is -0.299 e. The van der Waals surface area contributed by atoms with E-state index in [1.165, 1.54) is 5.56 Å². The van der Waals surface area contributed by atoms with Crippen molar-refractivity contribution in [1.82, 2.24) is 10.2 Å². The predicted molar refractivity (Wildman–Crippen MR) is 119 cm³/mol. The standard InChI is InChI=1S/C24H26N4O3/c1-17(25-19-12-14-27(15-13-19)16-18-8-4-2-5-9-18)21-22(29)26-24(31)28(23(21)30)20-10-6-3-7-11-20/h2-11,19,21H,12-16H2,1H3,(H,26,29,31). The number of carbonyl (C=O) groups is 3. The van der Waals surface area contributed by atoms with Crippen LogP contribution in [0, 0.1) is 5.92 Å². The number of aliphatic imine (C=N–C) groups is 1. The van der Waals surface area contributed by atoms with Crippen molar-refractivity contribution in [3.63, 3.8) is 0 Å². The lowest BCUT2D eigenvalue weighted by molar-refractivity contribution is -0.131. The van der Waals surface area contributed by atoms with Gasteiger partial charge in [0.05, 0.1) is 11.7 Å². The van der Waals surface area contributed by atoms with Crippen LogP contribution in [0.4, 0.5) is 10.5 Å². The van der Waals surface area contributed by atoms with Gasteiger partial charge in [-0.1, -0.05) is 48.5 Å². The number of rotatable bonds is 5. The van der Waals surface area contributed by atoms with Crippen LogP contribution in [0.5, 0.6) is 0 Å². The molecule has 31 heavy (non-hydrogen) atoms. The Bertz CT molecular complexity index is 982. The maximum absolute atomic E-state index is 13.0. The number of carbonyl (C=O) groups excluding carboxylic acids is 3.